The Balaban J connectivity index is 2.45. The summed E-state index contributed by atoms with van der Waals surface area (Å²) in [6, 6.07) is 15.4. The molecule has 0 unspecified atom stereocenters. The Bertz CT molecular complexity index is 567. The predicted octanol–water partition coefficient (Wildman–Crippen LogP) is 4.60. The van der Waals surface area contributed by atoms with Crippen LogP contribution >= 0.6 is 22.6 Å². The molecule has 0 saturated carbocycles. The van der Waals surface area contributed by atoms with Crippen molar-refractivity contribution < 1.29 is 0 Å². The highest BCUT2D eigenvalue weighted by atomic mass is 127. The van der Waals surface area contributed by atoms with Gasteiger partial charge in [0, 0.05) is 8.99 Å². The topological polar surface area (TPSA) is 0 Å². The lowest BCUT2D eigenvalue weighted by molar-refractivity contribution is 0.660. The minimum Gasteiger partial charge on any atom is -0.0619 e. The van der Waals surface area contributed by atoms with Gasteiger partial charge in [-0.15, -0.1) is 0 Å². The molecule has 0 saturated heterocycles. The van der Waals surface area contributed by atoms with E-state index >= 15 is 0 Å². The summed E-state index contributed by atoms with van der Waals surface area (Å²) in [6.45, 7) is 4.63. The Morgan fingerprint density at radius 3 is 2.38 bits per heavy atom. The average Bonchev–Trinajstić information content (AvgIpc) is 2.51. The van der Waals surface area contributed by atoms with Crippen molar-refractivity contribution in [1.82, 2.24) is 0 Å². The van der Waals surface area contributed by atoms with Gasteiger partial charge in [-0.2, -0.15) is 0 Å². The number of rotatable bonds is 0. The molecule has 0 N–H and O–H groups in total. The van der Waals surface area contributed by atoms with Crippen LogP contribution in [-0.4, -0.2) is 0 Å². The van der Waals surface area contributed by atoms with Crippen LogP contribution < -0.4 is 0 Å². The average molecular weight is 320 g/mol. The van der Waals surface area contributed by atoms with E-state index in [1.807, 2.05) is 0 Å². The molecular weight excluding hydrogens is 307 g/mol. The molecule has 0 nitrogen and oxygen atoms in total. The fourth-order valence-corrected chi connectivity index (χ4v) is 3.50. The van der Waals surface area contributed by atoms with Crippen molar-refractivity contribution in [3.8, 4) is 11.1 Å². The van der Waals surface area contributed by atoms with E-state index in [0.717, 1.165) is 0 Å². The molecule has 0 fully saturated rings. The van der Waals surface area contributed by atoms with Gasteiger partial charge < -0.3 is 0 Å². The number of hydrogen-bond acceptors (Lipinski definition) is 0. The van der Waals surface area contributed by atoms with E-state index in [1.165, 1.54) is 25.8 Å². The third-order valence-corrected chi connectivity index (χ3v) is 4.46. The molecule has 1 heteroatoms. The molecule has 0 atom stereocenters. The van der Waals surface area contributed by atoms with Gasteiger partial charge in [-0.25, -0.2) is 0 Å². The first kappa shape index (κ1) is 10.3. The van der Waals surface area contributed by atoms with Gasteiger partial charge in [-0.05, 0) is 50.9 Å². The first-order chi connectivity index (χ1) is 7.62. The van der Waals surface area contributed by atoms with Gasteiger partial charge in [0.2, 0.25) is 0 Å². The minimum absolute atomic E-state index is 0.146. The first-order valence-electron chi connectivity index (χ1n) is 5.51. The van der Waals surface area contributed by atoms with E-state index in [2.05, 4.69) is 78.9 Å². The molecule has 0 bridgehead atoms. The number of fused-ring (bicyclic) bond motifs is 3. The van der Waals surface area contributed by atoms with Crippen molar-refractivity contribution in [3.05, 3.63) is 57.2 Å². The summed E-state index contributed by atoms with van der Waals surface area (Å²) in [5, 5.41) is 0. The predicted molar refractivity (Wildman–Crippen MR) is 76.7 cm³/mol. The largest absolute Gasteiger partial charge is 0.0619 e. The van der Waals surface area contributed by atoms with E-state index in [4.69, 9.17) is 0 Å². The van der Waals surface area contributed by atoms with Crippen LogP contribution in [0.3, 0.4) is 0 Å². The van der Waals surface area contributed by atoms with Gasteiger partial charge in [-0.3, -0.25) is 0 Å². The van der Waals surface area contributed by atoms with Crippen LogP contribution in [0.4, 0.5) is 0 Å². The molecule has 16 heavy (non-hydrogen) atoms. The fraction of sp³-hybridized carbons (Fsp3) is 0.200. The van der Waals surface area contributed by atoms with Gasteiger partial charge in [0.1, 0.15) is 0 Å². The lowest BCUT2D eigenvalue weighted by atomic mass is 9.82. The third-order valence-electron chi connectivity index (χ3n) is 3.56. The van der Waals surface area contributed by atoms with Gasteiger partial charge in [0.25, 0.3) is 0 Å². The maximum Gasteiger partial charge on any atom is 0.0211 e. The summed E-state index contributed by atoms with van der Waals surface area (Å²) in [6.07, 6.45) is 0. The molecule has 0 heterocycles. The number of benzene rings is 2. The maximum atomic E-state index is 2.44. The lowest BCUT2D eigenvalue weighted by Gasteiger charge is -2.21. The Kier molecular flexibility index (Phi) is 2.15. The molecule has 0 amide bonds. The second-order valence-electron chi connectivity index (χ2n) is 4.83. The molecule has 0 spiro atoms. The molecular formula is C15H13I. The van der Waals surface area contributed by atoms with Gasteiger partial charge in [-0.1, -0.05) is 50.2 Å². The first-order valence-corrected chi connectivity index (χ1v) is 6.59. The van der Waals surface area contributed by atoms with Crippen LogP contribution in [-0.2, 0) is 5.41 Å². The van der Waals surface area contributed by atoms with Gasteiger partial charge in [0.15, 0.2) is 0 Å². The zero-order valence-electron chi connectivity index (χ0n) is 9.42. The monoisotopic (exact) mass is 320 g/mol. The van der Waals surface area contributed by atoms with Crippen LogP contribution in [0.25, 0.3) is 11.1 Å². The zero-order valence-corrected chi connectivity index (χ0v) is 11.6. The summed E-state index contributed by atoms with van der Waals surface area (Å²) in [4.78, 5) is 0. The van der Waals surface area contributed by atoms with Crippen molar-refractivity contribution in [1.29, 1.82) is 0 Å². The van der Waals surface area contributed by atoms with Crippen LogP contribution in [0.2, 0.25) is 0 Å². The van der Waals surface area contributed by atoms with E-state index in [9.17, 15) is 0 Å². The summed E-state index contributed by atoms with van der Waals surface area (Å²) in [7, 11) is 0. The summed E-state index contributed by atoms with van der Waals surface area (Å²) in [5.41, 5.74) is 5.90. The van der Waals surface area contributed by atoms with Crippen LogP contribution in [0.1, 0.15) is 25.0 Å². The van der Waals surface area contributed by atoms with E-state index in [1.54, 1.807) is 0 Å². The van der Waals surface area contributed by atoms with Crippen LogP contribution in [0.5, 0.6) is 0 Å². The number of halogens is 1. The Morgan fingerprint density at radius 1 is 0.875 bits per heavy atom. The van der Waals surface area contributed by atoms with Crippen molar-refractivity contribution >= 4 is 22.6 Å². The molecule has 2 aromatic carbocycles. The standard InChI is InChI=1S/C15H13I/c1-15(2)11-7-4-3-6-10(11)14-12(15)8-5-9-13(14)16/h3-9H,1-2H3. The quantitative estimate of drug-likeness (QED) is 0.623. The van der Waals surface area contributed by atoms with E-state index < -0.39 is 0 Å². The molecule has 0 aromatic heterocycles. The SMILES string of the molecule is CC1(C)c2ccccc2-c2c(I)cccc21. The van der Waals surface area contributed by atoms with Crippen LogP contribution in [0, 0.1) is 3.57 Å². The third kappa shape index (κ3) is 1.21. The highest BCUT2D eigenvalue weighted by molar-refractivity contribution is 14.1. The van der Waals surface area contributed by atoms with Crippen molar-refractivity contribution in [2.24, 2.45) is 0 Å². The highest BCUT2D eigenvalue weighted by Gasteiger charge is 2.35. The lowest BCUT2D eigenvalue weighted by Crippen LogP contribution is -2.14. The van der Waals surface area contributed by atoms with Gasteiger partial charge in [0.05, 0.1) is 0 Å². The van der Waals surface area contributed by atoms with Gasteiger partial charge >= 0.3 is 0 Å². The minimum atomic E-state index is 0.146. The Hall–Kier alpha value is -0.830. The molecule has 2 aromatic rings. The van der Waals surface area contributed by atoms with Crippen molar-refractivity contribution in [2.75, 3.05) is 0 Å². The smallest absolute Gasteiger partial charge is 0.0211 e. The Labute approximate surface area is 110 Å². The second-order valence-corrected chi connectivity index (χ2v) is 6.00. The summed E-state index contributed by atoms with van der Waals surface area (Å²) in [5.74, 6) is 0. The maximum absolute atomic E-state index is 2.44. The fourth-order valence-electron chi connectivity index (χ4n) is 2.71. The molecule has 80 valence electrons. The van der Waals surface area contributed by atoms with Crippen molar-refractivity contribution in [2.45, 2.75) is 19.3 Å². The number of hydrogen-bond donors (Lipinski definition) is 0. The Morgan fingerprint density at radius 2 is 1.56 bits per heavy atom. The van der Waals surface area contributed by atoms with E-state index in [0.29, 0.717) is 0 Å². The molecule has 1 aliphatic rings. The van der Waals surface area contributed by atoms with Crippen LogP contribution in [0.15, 0.2) is 42.5 Å². The molecule has 1 aliphatic carbocycles. The molecule has 0 aliphatic heterocycles. The van der Waals surface area contributed by atoms with E-state index in [-0.39, 0.29) is 5.41 Å². The zero-order chi connectivity index (χ0) is 11.3. The molecule has 0 radical (unpaired) electrons. The summed E-state index contributed by atoms with van der Waals surface area (Å²) < 4.78 is 1.35. The molecule has 3 rings (SSSR count). The summed E-state index contributed by atoms with van der Waals surface area (Å²) >= 11 is 2.44. The van der Waals surface area contributed by atoms with Crippen molar-refractivity contribution in [3.63, 3.8) is 0 Å². The second kappa shape index (κ2) is 3.33. The highest BCUT2D eigenvalue weighted by Crippen LogP contribution is 2.49. The normalized spacial score (nSPS) is 15.7.